The van der Waals surface area contributed by atoms with E-state index in [1.54, 1.807) is 0 Å². The first-order valence-corrected chi connectivity index (χ1v) is 7.15. The molecule has 0 radical (unpaired) electrons. The molecule has 2 aliphatic rings. The minimum Gasteiger partial charge on any atom is -0.405 e. The third-order valence-corrected chi connectivity index (χ3v) is 5.23. The lowest BCUT2D eigenvalue weighted by molar-refractivity contribution is -0.0118. The molecule has 0 bridgehead atoms. The molecule has 2 heterocycles. The summed E-state index contributed by atoms with van der Waals surface area (Å²) in [6, 6.07) is 0. The predicted octanol–water partition coefficient (Wildman–Crippen LogP) is 2.64. The molecule has 0 aliphatic carbocycles. The molecule has 2 aliphatic heterocycles. The largest absolute Gasteiger partial charge is 0.488 e. The van der Waals surface area contributed by atoms with E-state index in [1.807, 2.05) is 27.7 Å². The van der Waals surface area contributed by atoms with Crippen LogP contribution >= 0.6 is 0 Å². The van der Waals surface area contributed by atoms with Gasteiger partial charge in [-0.25, -0.2) is 0 Å². The van der Waals surface area contributed by atoms with Gasteiger partial charge in [-0.1, -0.05) is 6.92 Å². The summed E-state index contributed by atoms with van der Waals surface area (Å²) in [5, 5.41) is 0. The second-order valence-electron chi connectivity index (χ2n) is 7.32. The Morgan fingerprint density at radius 1 is 0.632 bits per heavy atom. The Morgan fingerprint density at radius 3 is 1.37 bits per heavy atom. The summed E-state index contributed by atoms with van der Waals surface area (Å²) in [6.07, 6.45) is 0.885. The molecule has 0 N–H and O–H groups in total. The van der Waals surface area contributed by atoms with Gasteiger partial charge in [-0.3, -0.25) is 0 Å². The first-order chi connectivity index (χ1) is 8.44. The fourth-order valence-corrected chi connectivity index (χ4v) is 2.46. The normalized spacial score (nSPS) is 36.0. The lowest BCUT2D eigenvalue weighted by Crippen LogP contribution is -2.44. The molecule has 4 nitrogen and oxygen atoms in total. The van der Waals surface area contributed by atoms with Crippen LogP contribution in [0.1, 0.15) is 61.8 Å². The third-order valence-electron chi connectivity index (χ3n) is 5.23. The zero-order chi connectivity index (χ0) is 14.7. The third kappa shape index (κ3) is 2.27. The van der Waals surface area contributed by atoms with Crippen LogP contribution in [0, 0.1) is 0 Å². The van der Waals surface area contributed by atoms with Crippen molar-refractivity contribution in [2.75, 3.05) is 0 Å². The summed E-state index contributed by atoms with van der Waals surface area (Å²) < 4.78 is 24.2. The minimum absolute atomic E-state index is 0.318. The first-order valence-electron chi connectivity index (χ1n) is 7.15. The molecule has 19 heavy (non-hydrogen) atoms. The topological polar surface area (TPSA) is 36.9 Å². The standard InChI is InChI=1S/C13H26B2O4/c1-9-13(8)12(6,7)18-15(19-13)14-16-10(2,3)11(4,5)17-14/h9H2,1-8H3/t13-/m1/s1. The summed E-state index contributed by atoms with van der Waals surface area (Å²) in [5.41, 5.74) is -1.39. The maximum Gasteiger partial charge on any atom is 0.488 e. The van der Waals surface area contributed by atoms with E-state index in [0.717, 1.165) is 6.42 Å². The maximum atomic E-state index is 6.11. The van der Waals surface area contributed by atoms with E-state index in [4.69, 9.17) is 18.6 Å². The van der Waals surface area contributed by atoms with Crippen molar-refractivity contribution in [3.63, 3.8) is 0 Å². The molecular formula is C13H26B2O4. The average Bonchev–Trinajstić information content (AvgIpc) is 2.60. The van der Waals surface area contributed by atoms with E-state index in [9.17, 15) is 0 Å². The number of hydrogen-bond acceptors (Lipinski definition) is 4. The fourth-order valence-electron chi connectivity index (χ4n) is 2.46. The van der Waals surface area contributed by atoms with Crippen molar-refractivity contribution in [1.29, 1.82) is 0 Å². The molecule has 108 valence electrons. The van der Waals surface area contributed by atoms with Crippen LogP contribution in [0.25, 0.3) is 0 Å². The van der Waals surface area contributed by atoms with Crippen molar-refractivity contribution in [1.82, 2.24) is 0 Å². The molecule has 0 aromatic heterocycles. The van der Waals surface area contributed by atoms with E-state index >= 15 is 0 Å². The predicted molar refractivity (Wildman–Crippen MR) is 76.8 cm³/mol. The summed E-state index contributed by atoms with van der Waals surface area (Å²) in [5.74, 6) is 0. The van der Waals surface area contributed by atoms with Gasteiger partial charge in [0, 0.05) is 0 Å². The Labute approximate surface area is 117 Å². The molecule has 1 atom stereocenters. The van der Waals surface area contributed by atoms with Gasteiger partial charge >= 0.3 is 14.0 Å². The van der Waals surface area contributed by atoms with E-state index in [0.29, 0.717) is 0 Å². The highest BCUT2D eigenvalue weighted by Gasteiger charge is 2.64. The van der Waals surface area contributed by atoms with Crippen LogP contribution in [-0.2, 0) is 18.6 Å². The maximum absolute atomic E-state index is 6.11. The van der Waals surface area contributed by atoms with E-state index in [-0.39, 0.29) is 22.4 Å². The molecule has 0 aromatic carbocycles. The summed E-state index contributed by atoms with van der Waals surface area (Å²) in [7, 11) is -0.946. The van der Waals surface area contributed by atoms with Gasteiger partial charge in [0.2, 0.25) is 0 Å². The number of rotatable bonds is 2. The van der Waals surface area contributed by atoms with Gasteiger partial charge in [0.1, 0.15) is 0 Å². The molecule has 0 unspecified atom stereocenters. The Bertz CT molecular complexity index is 354. The molecular weight excluding hydrogens is 242 g/mol. The molecule has 2 rings (SSSR count). The van der Waals surface area contributed by atoms with Crippen molar-refractivity contribution >= 4 is 14.0 Å². The summed E-state index contributed by atoms with van der Waals surface area (Å²) >= 11 is 0. The first kappa shape index (κ1) is 15.4. The van der Waals surface area contributed by atoms with Gasteiger partial charge in [-0.2, -0.15) is 0 Å². The van der Waals surface area contributed by atoms with Gasteiger partial charge in [-0.05, 0) is 54.9 Å². The van der Waals surface area contributed by atoms with Gasteiger partial charge in [0.25, 0.3) is 0 Å². The number of hydrogen-bond donors (Lipinski definition) is 0. The monoisotopic (exact) mass is 268 g/mol. The van der Waals surface area contributed by atoms with Crippen LogP contribution in [0.4, 0.5) is 0 Å². The van der Waals surface area contributed by atoms with E-state index in [2.05, 4.69) is 27.7 Å². The second kappa shape index (κ2) is 4.23. The molecule has 6 heteroatoms. The Balaban J connectivity index is 2.15. The van der Waals surface area contributed by atoms with Crippen molar-refractivity contribution in [2.45, 2.75) is 84.2 Å². The summed E-state index contributed by atoms with van der Waals surface area (Å²) in [6.45, 7) is 16.4. The molecule has 0 spiro atoms. The highest BCUT2D eigenvalue weighted by Crippen LogP contribution is 2.44. The van der Waals surface area contributed by atoms with Crippen LogP contribution in [0.3, 0.4) is 0 Å². The smallest absolute Gasteiger partial charge is 0.405 e. The van der Waals surface area contributed by atoms with Crippen LogP contribution in [0.5, 0.6) is 0 Å². The van der Waals surface area contributed by atoms with Crippen LogP contribution in [0.15, 0.2) is 0 Å². The van der Waals surface area contributed by atoms with Crippen molar-refractivity contribution in [3.8, 4) is 0 Å². The average molecular weight is 268 g/mol. The van der Waals surface area contributed by atoms with Gasteiger partial charge < -0.3 is 18.6 Å². The zero-order valence-corrected chi connectivity index (χ0v) is 13.5. The highest BCUT2D eigenvalue weighted by atomic mass is 16.7. The fraction of sp³-hybridized carbons (Fsp3) is 1.00. The Morgan fingerprint density at radius 2 is 1.00 bits per heavy atom. The van der Waals surface area contributed by atoms with E-state index < -0.39 is 14.0 Å². The van der Waals surface area contributed by atoms with Gasteiger partial charge in [-0.15, -0.1) is 0 Å². The van der Waals surface area contributed by atoms with Crippen molar-refractivity contribution in [3.05, 3.63) is 0 Å². The van der Waals surface area contributed by atoms with Crippen molar-refractivity contribution < 1.29 is 18.6 Å². The van der Waals surface area contributed by atoms with Crippen LogP contribution in [-0.4, -0.2) is 36.4 Å². The molecule has 2 fully saturated rings. The lowest BCUT2D eigenvalue weighted by Gasteiger charge is -2.35. The van der Waals surface area contributed by atoms with Crippen LogP contribution < -0.4 is 0 Å². The van der Waals surface area contributed by atoms with Crippen LogP contribution in [0.2, 0.25) is 0 Å². The SMILES string of the molecule is CC[C@@]1(C)OB(B2OC(C)(C)C(C)(C)O2)OC1(C)C. The molecule has 0 saturated carbocycles. The van der Waals surface area contributed by atoms with Gasteiger partial charge in [0.05, 0.1) is 22.4 Å². The Kier molecular flexibility index (Phi) is 3.42. The second-order valence-corrected chi connectivity index (χ2v) is 7.32. The molecule has 2 saturated heterocycles. The van der Waals surface area contributed by atoms with E-state index in [1.165, 1.54) is 0 Å². The minimum atomic E-state index is -0.474. The molecule has 0 amide bonds. The van der Waals surface area contributed by atoms with Gasteiger partial charge in [0.15, 0.2) is 0 Å². The highest BCUT2D eigenvalue weighted by molar-refractivity contribution is 7.11. The quantitative estimate of drug-likeness (QED) is 0.721. The molecule has 0 aromatic rings. The summed E-state index contributed by atoms with van der Waals surface area (Å²) in [4.78, 5) is 0. The Hall–Kier alpha value is -0.0301. The lowest BCUT2D eigenvalue weighted by atomic mass is 9.49. The van der Waals surface area contributed by atoms with Crippen molar-refractivity contribution in [2.24, 2.45) is 0 Å². The zero-order valence-electron chi connectivity index (χ0n) is 13.5.